The van der Waals surface area contributed by atoms with Gasteiger partial charge in [0.25, 0.3) is 0 Å². The zero-order valence-electron chi connectivity index (χ0n) is 9.09. The van der Waals surface area contributed by atoms with E-state index < -0.39 is 0 Å². The second-order valence-corrected chi connectivity index (χ2v) is 5.39. The predicted octanol–water partition coefficient (Wildman–Crippen LogP) is 6.33. The van der Waals surface area contributed by atoms with E-state index in [4.69, 9.17) is 39.5 Å². The van der Waals surface area contributed by atoms with Gasteiger partial charge in [-0.05, 0) is 29.8 Å². The van der Waals surface area contributed by atoms with E-state index in [9.17, 15) is 0 Å². The molecule has 0 atom stereocenters. The molecule has 2 aromatic carbocycles. The monoisotopic (exact) mass is 364 g/mol. The summed E-state index contributed by atoms with van der Waals surface area (Å²) in [6.07, 6.45) is 0. The van der Waals surface area contributed by atoms with Gasteiger partial charge in [-0.15, -0.1) is 0 Å². The van der Waals surface area contributed by atoms with Crippen molar-refractivity contribution < 1.29 is 4.74 Å². The van der Waals surface area contributed by atoms with Crippen LogP contribution in [-0.2, 0) is 5.33 Å². The number of hydrogen-bond donors (Lipinski definition) is 0. The fourth-order valence-corrected chi connectivity index (χ4v) is 2.29. The van der Waals surface area contributed by atoms with Gasteiger partial charge in [0, 0.05) is 16.4 Å². The van der Waals surface area contributed by atoms with Crippen LogP contribution in [-0.4, -0.2) is 0 Å². The van der Waals surface area contributed by atoms with Crippen LogP contribution in [0.2, 0.25) is 15.1 Å². The molecular weight excluding hydrogens is 358 g/mol. The zero-order valence-corrected chi connectivity index (χ0v) is 12.9. The number of benzene rings is 2. The smallest absolute Gasteiger partial charge is 0.147 e. The van der Waals surface area contributed by atoms with Crippen molar-refractivity contribution >= 4 is 50.7 Å². The molecule has 0 heterocycles. The molecule has 0 bridgehead atoms. The van der Waals surface area contributed by atoms with Crippen LogP contribution in [0.15, 0.2) is 36.4 Å². The maximum Gasteiger partial charge on any atom is 0.147 e. The summed E-state index contributed by atoms with van der Waals surface area (Å²) in [6.45, 7) is 0. The molecule has 2 aromatic rings. The molecule has 0 radical (unpaired) electrons. The highest BCUT2D eigenvalue weighted by molar-refractivity contribution is 9.08. The summed E-state index contributed by atoms with van der Waals surface area (Å²) >= 11 is 21.4. The first-order valence-electron chi connectivity index (χ1n) is 5.07. The Morgan fingerprint density at radius 1 is 0.889 bits per heavy atom. The topological polar surface area (TPSA) is 9.23 Å². The quantitative estimate of drug-likeness (QED) is 0.576. The van der Waals surface area contributed by atoms with Gasteiger partial charge in [-0.3, -0.25) is 0 Å². The fraction of sp³-hybridized carbons (Fsp3) is 0.0769. The van der Waals surface area contributed by atoms with E-state index in [-0.39, 0.29) is 0 Å². The second kappa shape index (κ2) is 6.16. The molecule has 0 aliphatic carbocycles. The Morgan fingerprint density at radius 3 is 2.33 bits per heavy atom. The average Bonchev–Trinajstić information content (AvgIpc) is 2.36. The van der Waals surface area contributed by atoms with Gasteiger partial charge < -0.3 is 4.74 Å². The van der Waals surface area contributed by atoms with E-state index in [1.165, 1.54) is 0 Å². The molecule has 1 nitrogen and oxygen atoms in total. The minimum atomic E-state index is 0.484. The lowest BCUT2D eigenvalue weighted by atomic mass is 10.2. The maximum atomic E-state index is 6.13. The fourth-order valence-electron chi connectivity index (χ4n) is 1.38. The van der Waals surface area contributed by atoms with E-state index in [1.54, 1.807) is 24.3 Å². The standard InChI is InChI=1S/C13H8BrCl3O/c14-7-8-1-4-12(11(17)5-8)18-13-6-9(15)2-3-10(13)16/h1-6H,7H2. The van der Waals surface area contributed by atoms with Crippen molar-refractivity contribution in [2.45, 2.75) is 5.33 Å². The van der Waals surface area contributed by atoms with Crippen LogP contribution >= 0.6 is 50.7 Å². The maximum absolute atomic E-state index is 6.13. The molecule has 0 saturated carbocycles. The highest BCUT2D eigenvalue weighted by Gasteiger charge is 2.08. The van der Waals surface area contributed by atoms with E-state index in [0.717, 1.165) is 10.9 Å². The minimum Gasteiger partial charge on any atom is -0.454 e. The molecule has 0 aromatic heterocycles. The molecule has 0 aliphatic rings. The van der Waals surface area contributed by atoms with Crippen molar-refractivity contribution in [1.29, 1.82) is 0 Å². The number of ether oxygens (including phenoxy) is 1. The van der Waals surface area contributed by atoms with Crippen molar-refractivity contribution in [3.05, 3.63) is 57.0 Å². The minimum absolute atomic E-state index is 0.484. The largest absolute Gasteiger partial charge is 0.454 e. The van der Waals surface area contributed by atoms with E-state index in [2.05, 4.69) is 15.9 Å². The van der Waals surface area contributed by atoms with Crippen molar-refractivity contribution in [2.75, 3.05) is 0 Å². The van der Waals surface area contributed by atoms with Crippen LogP contribution in [0.3, 0.4) is 0 Å². The summed E-state index contributed by atoms with van der Waals surface area (Å²) in [4.78, 5) is 0. The lowest BCUT2D eigenvalue weighted by Gasteiger charge is -2.10. The van der Waals surface area contributed by atoms with Gasteiger partial charge in [0.15, 0.2) is 0 Å². The highest BCUT2D eigenvalue weighted by Crippen LogP contribution is 2.35. The van der Waals surface area contributed by atoms with Crippen LogP contribution in [0, 0.1) is 0 Å². The molecule has 0 amide bonds. The summed E-state index contributed by atoms with van der Waals surface area (Å²) in [5, 5.41) is 2.32. The van der Waals surface area contributed by atoms with Crippen LogP contribution in [0.4, 0.5) is 0 Å². The third kappa shape index (κ3) is 3.33. The number of hydrogen-bond acceptors (Lipinski definition) is 1. The van der Waals surface area contributed by atoms with Crippen molar-refractivity contribution in [3.63, 3.8) is 0 Å². The van der Waals surface area contributed by atoms with Gasteiger partial charge in [0.05, 0.1) is 10.0 Å². The molecule has 2 rings (SSSR count). The van der Waals surface area contributed by atoms with E-state index in [1.807, 2.05) is 12.1 Å². The first-order chi connectivity index (χ1) is 8.60. The molecule has 0 saturated heterocycles. The van der Waals surface area contributed by atoms with Gasteiger partial charge >= 0.3 is 0 Å². The Labute approximate surface area is 129 Å². The van der Waals surface area contributed by atoms with Crippen LogP contribution < -0.4 is 4.74 Å². The van der Waals surface area contributed by atoms with E-state index >= 15 is 0 Å². The first kappa shape index (κ1) is 14.0. The average molecular weight is 366 g/mol. The lowest BCUT2D eigenvalue weighted by Crippen LogP contribution is -1.88. The first-order valence-corrected chi connectivity index (χ1v) is 7.33. The molecule has 94 valence electrons. The SMILES string of the molecule is Clc1ccc(Cl)c(Oc2ccc(CBr)cc2Cl)c1. The third-order valence-corrected chi connectivity index (χ3v) is 3.75. The van der Waals surface area contributed by atoms with Crippen LogP contribution in [0.1, 0.15) is 5.56 Å². The molecule has 0 fully saturated rings. The summed E-state index contributed by atoms with van der Waals surface area (Å²) < 4.78 is 5.66. The molecule has 0 unspecified atom stereocenters. The summed E-state index contributed by atoms with van der Waals surface area (Å²) in [5.41, 5.74) is 1.07. The Kier molecular flexibility index (Phi) is 4.79. The van der Waals surface area contributed by atoms with Crippen molar-refractivity contribution in [1.82, 2.24) is 0 Å². The summed E-state index contributed by atoms with van der Waals surface area (Å²) in [5.74, 6) is 1.03. The van der Waals surface area contributed by atoms with Gasteiger partial charge in [-0.1, -0.05) is 56.8 Å². The normalized spacial score (nSPS) is 10.4. The van der Waals surface area contributed by atoms with Crippen LogP contribution in [0.5, 0.6) is 11.5 Å². The third-order valence-electron chi connectivity index (χ3n) is 2.26. The predicted molar refractivity (Wildman–Crippen MR) is 80.6 cm³/mol. The molecule has 0 N–H and O–H groups in total. The number of rotatable bonds is 3. The zero-order chi connectivity index (χ0) is 13.1. The Hall–Kier alpha value is -0.410. The number of alkyl halides is 1. The molecule has 0 aliphatic heterocycles. The van der Waals surface area contributed by atoms with E-state index in [0.29, 0.717) is 26.6 Å². The summed E-state index contributed by atoms with van der Waals surface area (Å²) in [7, 11) is 0. The molecule has 0 spiro atoms. The van der Waals surface area contributed by atoms with Gasteiger partial charge in [-0.2, -0.15) is 0 Å². The van der Waals surface area contributed by atoms with Gasteiger partial charge in [-0.25, -0.2) is 0 Å². The number of halogens is 4. The summed E-state index contributed by atoms with van der Waals surface area (Å²) in [6, 6.07) is 10.6. The van der Waals surface area contributed by atoms with Gasteiger partial charge in [0.1, 0.15) is 11.5 Å². The molecule has 5 heteroatoms. The van der Waals surface area contributed by atoms with Crippen LogP contribution in [0.25, 0.3) is 0 Å². The van der Waals surface area contributed by atoms with Crippen molar-refractivity contribution in [2.24, 2.45) is 0 Å². The molecular formula is C13H8BrCl3O. The van der Waals surface area contributed by atoms with Gasteiger partial charge in [0.2, 0.25) is 0 Å². The highest BCUT2D eigenvalue weighted by atomic mass is 79.9. The van der Waals surface area contributed by atoms with Crippen molar-refractivity contribution in [3.8, 4) is 11.5 Å². The Morgan fingerprint density at radius 2 is 1.67 bits per heavy atom. The Balaban J connectivity index is 2.31. The second-order valence-electron chi connectivity index (χ2n) is 3.58. The molecule has 18 heavy (non-hydrogen) atoms. The lowest BCUT2D eigenvalue weighted by molar-refractivity contribution is 0.483. The Bertz CT molecular complexity index is 572.